The number of unbranched alkanes of at least 4 members (excludes halogenated alkanes) is 36. The topological polar surface area (TPSA) is 237 Å². The molecule has 0 aromatic rings. The van der Waals surface area contributed by atoms with Crippen molar-refractivity contribution in [3.05, 3.63) is 0 Å². The Bertz CT molecular complexity index is 1640. The van der Waals surface area contributed by atoms with Gasteiger partial charge < -0.3 is 33.8 Å². The van der Waals surface area contributed by atoms with Gasteiger partial charge >= 0.3 is 39.5 Å². The number of carbonyl (C=O) groups is 4. The van der Waals surface area contributed by atoms with Gasteiger partial charge in [0.2, 0.25) is 0 Å². The second kappa shape index (κ2) is 58.7. The van der Waals surface area contributed by atoms with E-state index in [4.69, 9.17) is 37.0 Å². The van der Waals surface area contributed by atoms with E-state index in [0.29, 0.717) is 25.7 Å². The maximum atomic E-state index is 13.0. The summed E-state index contributed by atoms with van der Waals surface area (Å²) in [5, 5.41) is 10.5. The minimum atomic E-state index is -4.94. The molecular formula is C65H126O17P2. The number of aliphatic hydroxyl groups excluding tert-OH is 1. The van der Waals surface area contributed by atoms with E-state index in [1.54, 1.807) is 0 Å². The number of rotatable bonds is 65. The van der Waals surface area contributed by atoms with Crippen LogP contribution in [0, 0.1) is 5.92 Å². The lowest BCUT2D eigenvalue weighted by molar-refractivity contribution is -0.161. The Balaban J connectivity index is 5.02. The van der Waals surface area contributed by atoms with Gasteiger partial charge in [-0.15, -0.1) is 0 Å². The summed E-state index contributed by atoms with van der Waals surface area (Å²) >= 11 is 0. The Morgan fingerprint density at radius 1 is 0.333 bits per heavy atom. The summed E-state index contributed by atoms with van der Waals surface area (Å²) in [6.07, 6.45) is 43.5. The zero-order valence-corrected chi connectivity index (χ0v) is 55.8. The van der Waals surface area contributed by atoms with Gasteiger partial charge in [-0.05, 0) is 31.6 Å². The molecule has 0 bridgehead atoms. The second-order valence-corrected chi connectivity index (χ2v) is 26.7. The normalized spacial score (nSPS) is 14.5. The molecule has 0 saturated carbocycles. The first kappa shape index (κ1) is 82.1. The first-order valence-corrected chi connectivity index (χ1v) is 37.2. The van der Waals surface area contributed by atoms with Crippen LogP contribution in [0.15, 0.2) is 0 Å². The second-order valence-electron chi connectivity index (χ2n) is 23.7. The number of ether oxygens (including phenoxy) is 4. The van der Waals surface area contributed by atoms with Gasteiger partial charge in [0.15, 0.2) is 12.2 Å². The van der Waals surface area contributed by atoms with Crippen LogP contribution in [-0.2, 0) is 65.4 Å². The van der Waals surface area contributed by atoms with Crippen LogP contribution < -0.4 is 0 Å². The van der Waals surface area contributed by atoms with Crippen molar-refractivity contribution in [2.75, 3.05) is 39.6 Å². The van der Waals surface area contributed by atoms with Crippen molar-refractivity contribution in [3.8, 4) is 0 Å². The van der Waals surface area contributed by atoms with Gasteiger partial charge in [-0.2, -0.15) is 0 Å². The minimum Gasteiger partial charge on any atom is -0.462 e. The fraction of sp³-hybridized carbons (Fsp3) is 0.938. The van der Waals surface area contributed by atoms with Gasteiger partial charge in [0, 0.05) is 25.7 Å². The molecule has 0 saturated heterocycles. The summed E-state index contributed by atoms with van der Waals surface area (Å²) in [7, 11) is -9.87. The highest BCUT2D eigenvalue weighted by Crippen LogP contribution is 2.45. The lowest BCUT2D eigenvalue weighted by Gasteiger charge is -2.21. The van der Waals surface area contributed by atoms with Crippen molar-refractivity contribution in [2.24, 2.45) is 5.92 Å². The van der Waals surface area contributed by atoms with Crippen molar-refractivity contribution in [2.45, 2.75) is 348 Å². The molecule has 0 aliphatic heterocycles. The number of hydrogen-bond acceptors (Lipinski definition) is 15. The Kier molecular flexibility index (Phi) is 57.4. The molecule has 0 radical (unpaired) electrons. The molecule has 0 fully saturated rings. The average Bonchev–Trinajstić information content (AvgIpc) is 3.61. The molecule has 19 heteroatoms. The molecule has 498 valence electrons. The van der Waals surface area contributed by atoms with Crippen LogP contribution >= 0.6 is 15.6 Å². The highest BCUT2D eigenvalue weighted by Gasteiger charge is 2.30. The van der Waals surface area contributed by atoms with Gasteiger partial charge in [0.05, 0.1) is 26.4 Å². The molecule has 0 aliphatic carbocycles. The monoisotopic (exact) mass is 1240 g/mol. The summed E-state index contributed by atoms with van der Waals surface area (Å²) in [5.74, 6) is -1.27. The predicted molar refractivity (Wildman–Crippen MR) is 335 cm³/mol. The van der Waals surface area contributed by atoms with E-state index in [0.717, 1.165) is 128 Å². The number of aliphatic hydroxyl groups is 1. The number of hydrogen-bond donors (Lipinski definition) is 3. The number of esters is 4. The molecular weight excluding hydrogens is 1110 g/mol. The Morgan fingerprint density at radius 3 is 0.845 bits per heavy atom. The zero-order chi connectivity index (χ0) is 62.0. The number of carbonyl (C=O) groups excluding carboxylic acids is 4. The Hall–Kier alpha value is -1.94. The summed E-state index contributed by atoms with van der Waals surface area (Å²) < 4.78 is 67.7. The Morgan fingerprint density at radius 2 is 0.571 bits per heavy atom. The lowest BCUT2D eigenvalue weighted by atomic mass is 9.99. The van der Waals surface area contributed by atoms with E-state index >= 15 is 0 Å². The van der Waals surface area contributed by atoms with Crippen molar-refractivity contribution in [1.82, 2.24) is 0 Å². The standard InChI is InChI=1S/C65H126O17P2/c1-6-10-13-16-19-35-39-44-49-63(68)76-55-61(82-65(70)51-46-41-36-31-29-27-25-23-21-20-22-24-26-28-30-34-37-42-47-58(5)9-4)57-80-84(73,74)78-53-59(66)52-77-83(71,72)79-56-60(81-64(69)50-45-40-33-18-15-12-8-3)54-75-62(67)48-43-38-32-17-14-11-7-2/h58-61,66H,6-57H2,1-5H3,(H,71,72)(H,73,74)/t58?,59-,60+,61+/m0/s1. The molecule has 0 aromatic heterocycles. The summed E-state index contributed by atoms with van der Waals surface area (Å²) in [5.41, 5.74) is 0. The molecule has 0 heterocycles. The molecule has 3 unspecified atom stereocenters. The van der Waals surface area contributed by atoms with E-state index in [-0.39, 0.29) is 25.7 Å². The largest absolute Gasteiger partial charge is 0.472 e. The van der Waals surface area contributed by atoms with E-state index in [9.17, 15) is 43.2 Å². The van der Waals surface area contributed by atoms with E-state index in [1.165, 1.54) is 122 Å². The summed E-state index contributed by atoms with van der Waals surface area (Å²) in [6, 6.07) is 0. The third-order valence-corrected chi connectivity index (χ3v) is 17.3. The first-order valence-electron chi connectivity index (χ1n) is 34.2. The average molecular weight is 1240 g/mol. The smallest absolute Gasteiger partial charge is 0.462 e. The fourth-order valence-electron chi connectivity index (χ4n) is 9.73. The van der Waals surface area contributed by atoms with Gasteiger partial charge in [-0.25, -0.2) is 9.13 Å². The highest BCUT2D eigenvalue weighted by atomic mass is 31.2. The van der Waals surface area contributed by atoms with E-state index in [1.807, 2.05) is 0 Å². The van der Waals surface area contributed by atoms with E-state index < -0.39 is 97.5 Å². The molecule has 0 rings (SSSR count). The van der Waals surface area contributed by atoms with Crippen molar-refractivity contribution < 1.29 is 80.2 Å². The van der Waals surface area contributed by atoms with Crippen LogP contribution in [0.5, 0.6) is 0 Å². The third kappa shape index (κ3) is 57.8. The predicted octanol–water partition coefficient (Wildman–Crippen LogP) is 18.2. The zero-order valence-electron chi connectivity index (χ0n) is 54.0. The maximum absolute atomic E-state index is 13.0. The Labute approximate surface area is 511 Å². The molecule has 0 aliphatic rings. The van der Waals surface area contributed by atoms with Crippen LogP contribution in [0.4, 0.5) is 0 Å². The molecule has 3 N–H and O–H groups in total. The van der Waals surface area contributed by atoms with Crippen LogP contribution in [0.1, 0.15) is 330 Å². The minimum absolute atomic E-state index is 0.103. The third-order valence-electron chi connectivity index (χ3n) is 15.4. The van der Waals surface area contributed by atoms with Crippen molar-refractivity contribution >= 4 is 39.5 Å². The molecule has 0 amide bonds. The maximum Gasteiger partial charge on any atom is 0.472 e. The van der Waals surface area contributed by atoms with Gasteiger partial charge in [0.25, 0.3) is 0 Å². The quantitative estimate of drug-likeness (QED) is 0.0222. The molecule has 0 aromatic carbocycles. The van der Waals surface area contributed by atoms with Crippen molar-refractivity contribution in [1.29, 1.82) is 0 Å². The first-order chi connectivity index (χ1) is 40.6. The van der Waals surface area contributed by atoms with Crippen LogP contribution in [0.2, 0.25) is 0 Å². The highest BCUT2D eigenvalue weighted by molar-refractivity contribution is 7.47. The van der Waals surface area contributed by atoms with Gasteiger partial charge in [-0.1, -0.05) is 279 Å². The van der Waals surface area contributed by atoms with Crippen molar-refractivity contribution in [3.63, 3.8) is 0 Å². The fourth-order valence-corrected chi connectivity index (χ4v) is 11.3. The van der Waals surface area contributed by atoms with Crippen LogP contribution in [0.3, 0.4) is 0 Å². The number of phosphoric acid groups is 2. The van der Waals surface area contributed by atoms with Gasteiger partial charge in [0.1, 0.15) is 19.3 Å². The molecule has 6 atom stereocenters. The van der Waals surface area contributed by atoms with E-state index in [2.05, 4.69) is 34.6 Å². The lowest BCUT2D eigenvalue weighted by Crippen LogP contribution is -2.30. The SMILES string of the molecule is CCCCCCCCCCC(=O)OC[C@H](COP(=O)(O)OC[C@@H](O)COP(=O)(O)OC[C@@H](COC(=O)CCCCCCCCC)OC(=O)CCCCCCCCC)OC(=O)CCCCCCCCCCCCCCCCCCCCC(C)CC. The molecule has 0 spiro atoms. The van der Waals surface area contributed by atoms with Gasteiger partial charge in [-0.3, -0.25) is 37.3 Å². The molecule has 84 heavy (non-hydrogen) atoms. The van der Waals surface area contributed by atoms with Crippen LogP contribution in [-0.4, -0.2) is 96.7 Å². The van der Waals surface area contributed by atoms with Crippen LogP contribution in [0.25, 0.3) is 0 Å². The summed E-state index contributed by atoms with van der Waals surface area (Å²) in [6.45, 7) is 7.15. The molecule has 17 nitrogen and oxygen atoms in total. The number of phosphoric ester groups is 2. The summed E-state index contributed by atoms with van der Waals surface area (Å²) in [4.78, 5) is 71.9.